The predicted molar refractivity (Wildman–Crippen MR) is 71.7 cm³/mol. The zero-order valence-corrected chi connectivity index (χ0v) is 12.5. The second kappa shape index (κ2) is 5.85. The number of halogens is 3. The van der Waals surface area contributed by atoms with Gasteiger partial charge in [0.15, 0.2) is 11.6 Å². The van der Waals surface area contributed by atoms with Gasteiger partial charge in [-0.05, 0) is 31.0 Å². The van der Waals surface area contributed by atoms with E-state index in [0.29, 0.717) is 6.07 Å². The highest BCUT2D eigenvalue weighted by Gasteiger charge is 2.28. The van der Waals surface area contributed by atoms with Gasteiger partial charge in [0.2, 0.25) is 10.0 Å². The molecule has 2 unspecified atom stereocenters. The van der Waals surface area contributed by atoms with E-state index >= 15 is 0 Å². The fourth-order valence-corrected chi connectivity index (χ4v) is 4.35. The van der Waals surface area contributed by atoms with Gasteiger partial charge in [-0.2, -0.15) is 0 Å². The van der Waals surface area contributed by atoms with Gasteiger partial charge in [-0.1, -0.05) is 28.8 Å². The molecule has 1 aliphatic rings. The van der Waals surface area contributed by atoms with Gasteiger partial charge in [0.1, 0.15) is 0 Å². The highest BCUT2D eigenvalue weighted by molar-refractivity contribution is 9.09. The van der Waals surface area contributed by atoms with Gasteiger partial charge in [-0.15, -0.1) is 0 Å². The number of nitrogens with one attached hydrogen (secondary N) is 1. The Kier molecular flexibility index (Phi) is 4.58. The molecule has 0 radical (unpaired) electrons. The third-order valence-corrected chi connectivity index (χ3v) is 5.77. The van der Waals surface area contributed by atoms with Gasteiger partial charge < -0.3 is 0 Å². The topological polar surface area (TPSA) is 46.2 Å². The molecule has 1 saturated carbocycles. The lowest BCUT2D eigenvalue weighted by atomic mass is 9.96. The van der Waals surface area contributed by atoms with E-state index in [1.807, 2.05) is 0 Å². The molecule has 1 aromatic rings. The minimum Gasteiger partial charge on any atom is -0.207 e. The van der Waals surface area contributed by atoms with Crippen LogP contribution in [0.2, 0.25) is 0 Å². The first-order valence-electron chi connectivity index (χ1n) is 6.01. The molecule has 0 bridgehead atoms. The van der Waals surface area contributed by atoms with Gasteiger partial charge in [0, 0.05) is 10.9 Å². The molecule has 106 valence electrons. The van der Waals surface area contributed by atoms with Crippen LogP contribution >= 0.6 is 15.9 Å². The molecule has 2 atom stereocenters. The zero-order chi connectivity index (χ0) is 14.0. The first kappa shape index (κ1) is 14.9. The van der Waals surface area contributed by atoms with E-state index in [1.165, 1.54) is 0 Å². The van der Waals surface area contributed by atoms with Crippen molar-refractivity contribution in [2.45, 2.75) is 41.4 Å². The highest BCUT2D eigenvalue weighted by Crippen LogP contribution is 2.26. The summed E-state index contributed by atoms with van der Waals surface area (Å²) in [6, 6.07) is 2.36. The summed E-state index contributed by atoms with van der Waals surface area (Å²) in [6.07, 6.45) is 3.64. The second-order valence-electron chi connectivity index (χ2n) is 4.60. The Morgan fingerprint density at radius 1 is 1.16 bits per heavy atom. The largest absolute Gasteiger partial charge is 0.240 e. The van der Waals surface area contributed by atoms with Crippen LogP contribution in [-0.4, -0.2) is 19.3 Å². The van der Waals surface area contributed by atoms with Crippen LogP contribution in [0.1, 0.15) is 25.7 Å². The van der Waals surface area contributed by atoms with Crippen molar-refractivity contribution >= 4 is 26.0 Å². The molecule has 0 spiro atoms. The fraction of sp³-hybridized carbons (Fsp3) is 0.500. The van der Waals surface area contributed by atoms with Gasteiger partial charge in [-0.25, -0.2) is 21.9 Å². The van der Waals surface area contributed by atoms with Crippen LogP contribution in [0.25, 0.3) is 0 Å². The maximum Gasteiger partial charge on any atom is 0.240 e. The number of sulfonamides is 1. The third-order valence-electron chi connectivity index (χ3n) is 3.19. The van der Waals surface area contributed by atoms with Crippen molar-refractivity contribution < 1.29 is 17.2 Å². The Labute approximate surface area is 119 Å². The van der Waals surface area contributed by atoms with Gasteiger partial charge in [-0.3, -0.25) is 0 Å². The lowest BCUT2D eigenvalue weighted by Crippen LogP contribution is -2.42. The molecule has 1 aromatic carbocycles. The molecule has 3 nitrogen and oxygen atoms in total. The Morgan fingerprint density at radius 2 is 1.84 bits per heavy atom. The summed E-state index contributed by atoms with van der Waals surface area (Å²) in [5, 5.41) is 0. The van der Waals surface area contributed by atoms with Crippen LogP contribution in [0.15, 0.2) is 23.1 Å². The molecule has 1 fully saturated rings. The van der Waals surface area contributed by atoms with E-state index in [-0.39, 0.29) is 15.8 Å². The summed E-state index contributed by atoms with van der Waals surface area (Å²) < 4.78 is 52.6. The first-order chi connectivity index (χ1) is 8.90. The summed E-state index contributed by atoms with van der Waals surface area (Å²) in [5.41, 5.74) is 0. The SMILES string of the molecule is O=S(=O)(NC1CCCCC1Br)c1ccc(F)c(F)c1. The number of rotatable bonds is 3. The lowest BCUT2D eigenvalue weighted by molar-refractivity contribution is 0.427. The van der Waals surface area contributed by atoms with Crippen molar-refractivity contribution in [3.05, 3.63) is 29.8 Å². The number of benzene rings is 1. The zero-order valence-electron chi connectivity index (χ0n) is 10.1. The molecule has 0 amide bonds. The minimum absolute atomic E-state index is 0.0707. The van der Waals surface area contributed by atoms with E-state index in [2.05, 4.69) is 20.7 Å². The van der Waals surface area contributed by atoms with E-state index in [9.17, 15) is 17.2 Å². The summed E-state index contributed by atoms with van der Waals surface area (Å²) in [4.78, 5) is -0.182. The predicted octanol–water partition coefficient (Wildman–Crippen LogP) is 2.95. The molecular formula is C12H14BrF2NO2S. The molecule has 2 rings (SSSR count). The number of hydrogen-bond donors (Lipinski definition) is 1. The standard InChI is InChI=1S/C12H14BrF2NO2S/c13-9-3-1-2-4-12(9)16-19(17,18)8-5-6-10(14)11(15)7-8/h5-7,9,12,16H,1-4H2. The highest BCUT2D eigenvalue weighted by atomic mass is 79.9. The fourth-order valence-electron chi connectivity index (χ4n) is 2.13. The van der Waals surface area contributed by atoms with Crippen molar-refractivity contribution in [2.75, 3.05) is 0 Å². The van der Waals surface area contributed by atoms with Gasteiger partial charge >= 0.3 is 0 Å². The summed E-state index contributed by atoms with van der Waals surface area (Å²) in [7, 11) is -3.82. The molecule has 0 aromatic heterocycles. The van der Waals surface area contributed by atoms with E-state index in [0.717, 1.165) is 37.8 Å². The first-order valence-corrected chi connectivity index (χ1v) is 8.41. The quantitative estimate of drug-likeness (QED) is 0.849. The maximum absolute atomic E-state index is 13.1. The van der Waals surface area contributed by atoms with E-state index in [1.54, 1.807) is 0 Å². The molecule has 0 saturated heterocycles. The maximum atomic E-state index is 13.1. The molecule has 19 heavy (non-hydrogen) atoms. The average Bonchev–Trinajstić information content (AvgIpc) is 2.35. The monoisotopic (exact) mass is 353 g/mol. The number of alkyl halides is 1. The Hall–Kier alpha value is -0.530. The Morgan fingerprint density at radius 3 is 2.47 bits per heavy atom. The van der Waals surface area contributed by atoms with Crippen molar-refractivity contribution in [3.63, 3.8) is 0 Å². The molecule has 0 heterocycles. The molecule has 0 aliphatic heterocycles. The van der Waals surface area contributed by atoms with E-state index in [4.69, 9.17) is 0 Å². The van der Waals surface area contributed by atoms with Gasteiger partial charge in [0.25, 0.3) is 0 Å². The van der Waals surface area contributed by atoms with Crippen molar-refractivity contribution in [1.29, 1.82) is 0 Å². The van der Waals surface area contributed by atoms with Crippen LogP contribution in [0.5, 0.6) is 0 Å². The van der Waals surface area contributed by atoms with Gasteiger partial charge in [0.05, 0.1) is 4.90 Å². The molecule has 7 heteroatoms. The average molecular weight is 354 g/mol. The summed E-state index contributed by atoms with van der Waals surface area (Å²) >= 11 is 3.44. The van der Waals surface area contributed by atoms with Crippen LogP contribution in [0.3, 0.4) is 0 Å². The molecular weight excluding hydrogens is 340 g/mol. The molecule has 1 N–H and O–H groups in total. The summed E-state index contributed by atoms with van der Waals surface area (Å²) in [6.45, 7) is 0. The Bertz CT molecular complexity index is 565. The normalized spacial score (nSPS) is 24.4. The van der Waals surface area contributed by atoms with Crippen molar-refractivity contribution in [2.24, 2.45) is 0 Å². The van der Waals surface area contributed by atoms with Crippen LogP contribution in [0.4, 0.5) is 8.78 Å². The van der Waals surface area contributed by atoms with Crippen LogP contribution in [0, 0.1) is 11.6 Å². The minimum atomic E-state index is -3.82. The van der Waals surface area contributed by atoms with Crippen molar-refractivity contribution in [1.82, 2.24) is 4.72 Å². The van der Waals surface area contributed by atoms with Crippen LogP contribution < -0.4 is 4.72 Å². The van der Waals surface area contributed by atoms with E-state index < -0.39 is 21.7 Å². The number of hydrogen-bond acceptors (Lipinski definition) is 2. The smallest absolute Gasteiger partial charge is 0.207 e. The van der Waals surface area contributed by atoms with Crippen LogP contribution in [-0.2, 0) is 10.0 Å². The second-order valence-corrected chi connectivity index (χ2v) is 7.49. The Balaban J connectivity index is 2.19. The lowest BCUT2D eigenvalue weighted by Gasteiger charge is -2.27. The molecule has 1 aliphatic carbocycles. The van der Waals surface area contributed by atoms with Crippen molar-refractivity contribution in [3.8, 4) is 0 Å². The third kappa shape index (κ3) is 3.52. The summed E-state index contributed by atoms with van der Waals surface area (Å²) in [5.74, 6) is -2.23.